The van der Waals surface area contributed by atoms with Gasteiger partial charge in [0.05, 0.1) is 4.47 Å². The van der Waals surface area contributed by atoms with Crippen LogP contribution in [-0.2, 0) is 4.74 Å². The molecular formula is C9H11BrN2OS. The first-order chi connectivity index (χ1) is 6.86. The lowest BCUT2D eigenvalue weighted by molar-refractivity contribution is 0.1000. The van der Waals surface area contributed by atoms with E-state index in [1.165, 1.54) is 0 Å². The second-order valence-electron chi connectivity index (χ2n) is 3.11. The van der Waals surface area contributed by atoms with Crippen LogP contribution in [0.4, 0.5) is 0 Å². The van der Waals surface area contributed by atoms with E-state index in [9.17, 15) is 0 Å². The molecule has 14 heavy (non-hydrogen) atoms. The maximum atomic E-state index is 5.31. The lowest BCUT2D eigenvalue weighted by Gasteiger charge is -2.21. The SMILES string of the molecule is Brc1cncnc1SC1CCOCC1. The molecule has 1 saturated heterocycles. The molecule has 0 spiro atoms. The zero-order valence-electron chi connectivity index (χ0n) is 7.65. The summed E-state index contributed by atoms with van der Waals surface area (Å²) < 4.78 is 6.29. The molecule has 0 atom stereocenters. The number of ether oxygens (including phenoxy) is 1. The molecule has 0 saturated carbocycles. The van der Waals surface area contributed by atoms with Crippen LogP contribution in [-0.4, -0.2) is 28.4 Å². The molecule has 0 bridgehead atoms. The Morgan fingerprint density at radius 2 is 2.21 bits per heavy atom. The molecule has 0 aliphatic carbocycles. The second-order valence-corrected chi connectivity index (χ2v) is 5.25. The number of hydrogen-bond donors (Lipinski definition) is 0. The van der Waals surface area contributed by atoms with Crippen LogP contribution in [0.15, 0.2) is 22.0 Å². The van der Waals surface area contributed by atoms with Gasteiger partial charge in [-0.25, -0.2) is 9.97 Å². The van der Waals surface area contributed by atoms with Crippen LogP contribution in [0.2, 0.25) is 0 Å². The number of halogens is 1. The topological polar surface area (TPSA) is 35.0 Å². The molecule has 2 heterocycles. The molecule has 3 nitrogen and oxygen atoms in total. The van der Waals surface area contributed by atoms with Gasteiger partial charge in [-0.15, -0.1) is 11.8 Å². The van der Waals surface area contributed by atoms with Crippen LogP contribution >= 0.6 is 27.7 Å². The minimum absolute atomic E-state index is 0.634. The Balaban J connectivity index is 1.99. The van der Waals surface area contributed by atoms with E-state index in [-0.39, 0.29) is 0 Å². The van der Waals surface area contributed by atoms with Gasteiger partial charge in [0.15, 0.2) is 0 Å². The summed E-state index contributed by atoms with van der Waals surface area (Å²) in [6.45, 7) is 1.75. The molecule has 5 heteroatoms. The third-order valence-corrected chi connectivity index (χ3v) is 4.28. The Labute approximate surface area is 95.8 Å². The second kappa shape index (κ2) is 5.09. The first kappa shape index (κ1) is 10.4. The van der Waals surface area contributed by atoms with Crippen molar-refractivity contribution in [3.63, 3.8) is 0 Å². The maximum Gasteiger partial charge on any atom is 0.116 e. The summed E-state index contributed by atoms with van der Waals surface area (Å²) in [5.74, 6) is 0. The molecule has 1 aliphatic rings. The number of rotatable bonds is 2. The largest absolute Gasteiger partial charge is 0.381 e. The highest BCUT2D eigenvalue weighted by molar-refractivity contribution is 9.10. The van der Waals surface area contributed by atoms with E-state index in [1.54, 1.807) is 12.5 Å². The molecule has 0 amide bonds. The van der Waals surface area contributed by atoms with Crippen molar-refractivity contribution in [3.8, 4) is 0 Å². The quantitative estimate of drug-likeness (QED) is 0.777. The smallest absolute Gasteiger partial charge is 0.116 e. The van der Waals surface area contributed by atoms with E-state index in [0.717, 1.165) is 35.6 Å². The summed E-state index contributed by atoms with van der Waals surface area (Å²) in [6.07, 6.45) is 5.60. The molecule has 1 aromatic rings. The van der Waals surface area contributed by atoms with Gasteiger partial charge in [0.2, 0.25) is 0 Å². The predicted molar refractivity (Wildman–Crippen MR) is 59.4 cm³/mol. The van der Waals surface area contributed by atoms with Gasteiger partial charge < -0.3 is 4.74 Å². The highest BCUT2D eigenvalue weighted by Crippen LogP contribution is 2.32. The number of hydrogen-bond acceptors (Lipinski definition) is 4. The van der Waals surface area contributed by atoms with Gasteiger partial charge in [-0.1, -0.05) is 0 Å². The van der Waals surface area contributed by atoms with Gasteiger partial charge in [0, 0.05) is 24.7 Å². The predicted octanol–water partition coefficient (Wildman–Crippen LogP) is 2.51. The molecule has 0 radical (unpaired) electrons. The van der Waals surface area contributed by atoms with Crippen LogP contribution in [0.1, 0.15) is 12.8 Å². The van der Waals surface area contributed by atoms with E-state index in [0.29, 0.717) is 5.25 Å². The number of nitrogens with zero attached hydrogens (tertiary/aromatic N) is 2. The molecule has 1 aromatic heterocycles. The monoisotopic (exact) mass is 274 g/mol. The van der Waals surface area contributed by atoms with E-state index >= 15 is 0 Å². The van der Waals surface area contributed by atoms with Crippen molar-refractivity contribution in [2.75, 3.05) is 13.2 Å². The normalized spacial score (nSPS) is 18.4. The Morgan fingerprint density at radius 1 is 1.43 bits per heavy atom. The van der Waals surface area contributed by atoms with Crippen molar-refractivity contribution in [2.24, 2.45) is 0 Å². The summed E-state index contributed by atoms with van der Waals surface area (Å²) in [6, 6.07) is 0. The van der Waals surface area contributed by atoms with Gasteiger partial charge in [-0.3, -0.25) is 0 Å². The summed E-state index contributed by atoms with van der Waals surface area (Å²) in [5.41, 5.74) is 0. The Kier molecular flexibility index (Phi) is 3.78. The molecule has 1 fully saturated rings. The lowest BCUT2D eigenvalue weighted by Crippen LogP contribution is -2.17. The Hall–Kier alpha value is -0.130. The molecular weight excluding hydrogens is 264 g/mol. The fourth-order valence-corrected chi connectivity index (χ4v) is 2.86. The molecule has 0 N–H and O–H groups in total. The molecule has 0 unspecified atom stereocenters. The van der Waals surface area contributed by atoms with Crippen molar-refractivity contribution in [2.45, 2.75) is 23.1 Å². The van der Waals surface area contributed by atoms with Crippen LogP contribution in [0, 0.1) is 0 Å². The fourth-order valence-electron chi connectivity index (χ4n) is 1.34. The highest BCUT2D eigenvalue weighted by atomic mass is 79.9. The summed E-state index contributed by atoms with van der Waals surface area (Å²) in [7, 11) is 0. The minimum atomic E-state index is 0.634. The van der Waals surface area contributed by atoms with Gasteiger partial charge in [-0.05, 0) is 28.8 Å². The Bertz CT molecular complexity index is 305. The standard InChI is InChI=1S/C9H11BrN2OS/c10-8-5-11-6-12-9(8)14-7-1-3-13-4-2-7/h5-7H,1-4H2. The van der Waals surface area contributed by atoms with E-state index in [1.807, 2.05) is 11.8 Å². The average molecular weight is 275 g/mol. The van der Waals surface area contributed by atoms with E-state index in [4.69, 9.17) is 4.74 Å². The van der Waals surface area contributed by atoms with Crippen molar-refractivity contribution < 1.29 is 4.74 Å². The molecule has 76 valence electrons. The van der Waals surface area contributed by atoms with Gasteiger partial charge in [0.25, 0.3) is 0 Å². The molecule has 0 aromatic carbocycles. The van der Waals surface area contributed by atoms with Crippen LogP contribution in [0.25, 0.3) is 0 Å². The van der Waals surface area contributed by atoms with E-state index < -0.39 is 0 Å². The van der Waals surface area contributed by atoms with Crippen molar-refractivity contribution in [1.29, 1.82) is 0 Å². The number of thioether (sulfide) groups is 1. The summed E-state index contributed by atoms with van der Waals surface area (Å²) >= 11 is 5.26. The van der Waals surface area contributed by atoms with Gasteiger partial charge >= 0.3 is 0 Å². The maximum absolute atomic E-state index is 5.31. The lowest BCUT2D eigenvalue weighted by atomic mass is 10.2. The van der Waals surface area contributed by atoms with Crippen molar-refractivity contribution >= 4 is 27.7 Å². The summed E-state index contributed by atoms with van der Waals surface area (Å²) in [4.78, 5) is 8.18. The average Bonchev–Trinajstić information content (AvgIpc) is 2.23. The fraction of sp³-hybridized carbons (Fsp3) is 0.556. The number of aromatic nitrogens is 2. The van der Waals surface area contributed by atoms with Crippen LogP contribution in [0.5, 0.6) is 0 Å². The zero-order valence-corrected chi connectivity index (χ0v) is 10.1. The Morgan fingerprint density at radius 3 is 2.93 bits per heavy atom. The zero-order chi connectivity index (χ0) is 9.80. The third-order valence-electron chi connectivity index (χ3n) is 2.08. The van der Waals surface area contributed by atoms with Crippen LogP contribution in [0.3, 0.4) is 0 Å². The first-order valence-corrected chi connectivity index (χ1v) is 6.23. The van der Waals surface area contributed by atoms with Crippen molar-refractivity contribution in [1.82, 2.24) is 9.97 Å². The first-order valence-electron chi connectivity index (χ1n) is 4.56. The molecule has 2 rings (SSSR count). The summed E-state index contributed by atoms with van der Waals surface area (Å²) in [5, 5.41) is 1.67. The highest BCUT2D eigenvalue weighted by Gasteiger charge is 2.16. The van der Waals surface area contributed by atoms with E-state index in [2.05, 4.69) is 25.9 Å². The third kappa shape index (κ3) is 2.68. The molecule has 1 aliphatic heterocycles. The van der Waals surface area contributed by atoms with Crippen molar-refractivity contribution in [3.05, 3.63) is 17.0 Å². The minimum Gasteiger partial charge on any atom is -0.381 e. The van der Waals surface area contributed by atoms with Gasteiger partial charge in [0.1, 0.15) is 11.4 Å². The van der Waals surface area contributed by atoms with Gasteiger partial charge in [-0.2, -0.15) is 0 Å². The van der Waals surface area contributed by atoms with Crippen LogP contribution < -0.4 is 0 Å².